The molecule has 1 aromatic rings. The molecular formula is C13H21FN2O4S. The summed E-state index contributed by atoms with van der Waals surface area (Å²) in [6.07, 6.45) is -0.434. The number of sulfonamides is 1. The van der Waals surface area contributed by atoms with Gasteiger partial charge >= 0.3 is 0 Å². The number of hydrogen-bond acceptors (Lipinski definition) is 5. The normalized spacial score (nSPS) is 13.3. The Hall–Kier alpha value is -1.06. The lowest BCUT2D eigenvalue weighted by molar-refractivity contribution is 0.0320. The molecule has 1 rings (SSSR count). The summed E-state index contributed by atoms with van der Waals surface area (Å²) in [5.74, 6) is -0.782. The Kier molecular flexibility index (Phi) is 7.20. The van der Waals surface area contributed by atoms with E-state index < -0.39 is 21.9 Å². The molecule has 0 aliphatic rings. The maximum Gasteiger partial charge on any atom is 0.243 e. The van der Waals surface area contributed by atoms with Crippen LogP contribution in [0.15, 0.2) is 23.1 Å². The molecule has 8 heteroatoms. The highest BCUT2D eigenvalue weighted by atomic mass is 32.2. The molecule has 0 saturated heterocycles. The first-order valence-electron chi connectivity index (χ1n) is 6.39. The van der Waals surface area contributed by atoms with Crippen LogP contribution in [0.25, 0.3) is 0 Å². The Morgan fingerprint density at radius 2 is 2.05 bits per heavy atom. The molecule has 0 aliphatic carbocycles. The van der Waals surface area contributed by atoms with Crippen molar-refractivity contribution < 1.29 is 22.3 Å². The molecule has 0 heterocycles. The summed E-state index contributed by atoms with van der Waals surface area (Å²) in [7, 11) is 0.736. The fraction of sp³-hybridized carbons (Fsp3) is 0.538. The Labute approximate surface area is 124 Å². The number of rotatable bonds is 9. The quantitative estimate of drug-likeness (QED) is 0.692. The molecular weight excluding hydrogens is 299 g/mol. The minimum atomic E-state index is -3.93. The van der Waals surface area contributed by atoms with Crippen LogP contribution in [0, 0.1) is 5.82 Å². The van der Waals surface area contributed by atoms with Crippen LogP contribution in [-0.4, -0.2) is 48.9 Å². The van der Waals surface area contributed by atoms with Crippen molar-refractivity contribution in [3.8, 4) is 0 Å². The van der Waals surface area contributed by atoms with Gasteiger partial charge in [-0.2, -0.15) is 0 Å². The number of ether oxygens (including phenoxy) is 2. The van der Waals surface area contributed by atoms with Crippen molar-refractivity contribution in [1.82, 2.24) is 10.0 Å². The van der Waals surface area contributed by atoms with Gasteiger partial charge in [-0.25, -0.2) is 17.5 Å². The zero-order valence-electron chi connectivity index (χ0n) is 12.3. The molecule has 2 N–H and O–H groups in total. The molecule has 0 spiro atoms. The summed E-state index contributed by atoms with van der Waals surface area (Å²) in [4.78, 5) is -0.380. The average Bonchev–Trinajstić information content (AvgIpc) is 2.43. The minimum Gasteiger partial charge on any atom is -0.382 e. The van der Waals surface area contributed by atoms with Crippen LogP contribution in [0.2, 0.25) is 0 Å². The first kappa shape index (κ1) is 18.0. The van der Waals surface area contributed by atoms with Gasteiger partial charge in [-0.05, 0) is 24.7 Å². The highest BCUT2D eigenvalue weighted by Gasteiger charge is 2.20. The van der Waals surface area contributed by atoms with Crippen molar-refractivity contribution in [1.29, 1.82) is 0 Å². The standard InChI is InChI=1S/C13H21FN2O4S/c1-15-7-10-4-5-13(12(14)6-10)21(17,18)16-8-11(20-3)9-19-2/h4-6,11,15-16H,7-9H2,1-3H3. The summed E-state index contributed by atoms with van der Waals surface area (Å²) in [5, 5.41) is 2.87. The van der Waals surface area contributed by atoms with Crippen molar-refractivity contribution in [3.05, 3.63) is 29.6 Å². The SMILES string of the molecule is CNCc1ccc(S(=O)(=O)NCC(COC)OC)c(F)c1. The molecule has 1 unspecified atom stereocenters. The molecule has 6 nitrogen and oxygen atoms in total. The second-order valence-electron chi connectivity index (χ2n) is 4.46. The van der Waals surface area contributed by atoms with Crippen molar-refractivity contribution in [3.63, 3.8) is 0 Å². The lowest BCUT2D eigenvalue weighted by Crippen LogP contribution is -2.36. The van der Waals surface area contributed by atoms with E-state index in [9.17, 15) is 12.8 Å². The number of hydrogen-bond donors (Lipinski definition) is 2. The number of benzene rings is 1. The van der Waals surface area contributed by atoms with Crippen molar-refractivity contribution in [2.75, 3.05) is 34.4 Å². The van der Waals surface area contributed by atoms with Crippen LogP contribution < -0.4 is 10.0 Å². The summed E-state index contributed by atoms with van der Waals surface area (Å²) in [6, 6.07) is 4.02. The van der Waals surface area contributed by atoms with Gasteiger partial charge in [-0.3, -0.25) is 0 Å². The zero-order chi connectivity index (χ0) is 15.9. The van der Waals surface area contributed by atoms with E-state index >= 15 is 0 Å². The lowest BCUT2D eigenvalue weighted by atomic mass is 10.2. The summed E-state index contributed by atoms with van der Waals surface area (Å²) < 4.78 is 50.3. The van der Waals surface area contributed by atoms with Gasteiger partial charge < -0.3 is 14.8 Å². The maximum atomic E-state index is 13.9. The first-order chi connectivity index (χ1) is 9.94. The third kappa shape index (κ3) is 5.33. The number of nitrogens with one attached hydrogen (secondary N) is 2. The topological polar surface area (TPSA) is 76.7 Å². The average molecular weight is 320 g/mol. The second-order valence-corrected chi connectivity index (χ2v) is 6.20. The van der Waals surface area contributed by atoms with E-state index in [-0.39, 0.29) is 18.0 Å². The summed E-state index contributed by atoms with van der Waals surface area (Å²) in [6.45, 7) is 0.706. The highest BCUT2D eigenvalue weighted by Crippen LogP contribution is 2.16. The van der Waals surface area contributed by atoms with Crippen LogP contribution in [0.1, 0.15) is 5.56 Å². The van der Waals surface area contributed by atoms with Crippen LogP contribution in [0.4, 0.5) is 4.39 Å². The van der Waals surface area contributed by atoms with E-state index in [1.807, 2.05) is 0 Å². The van der Waals surface area contributed by atoms with E-state index in [2.05, 4.69) is 10.0 Å². The maximum absolute atomic E-state index is 13.9. The van der Waals surface area contributed by atoms with Gasteiger partial charge in [0.15, 0.2) is 0 Å². The van der Waals surface area contributed by atoms with E-state index in [0.717, 1.165) is 0 Å². The van der Waals surface area contributed by atoms with Gasteiger partial charge in [0.2, 0.25) is 10.0 Å². The highest BCUT2D eigenvalue weighted by molar-refractivity contribution is 7.89. The third-order valence-corrected chi connectivity index (χ3v) is 4.31. The number of methoxy groups -OCH3 is 2. The van der Waals surface area contributed by atoms with Crippen LogP contribution >= 0.6 is 0 Å². The molecule has 1 atom stereocenters. The fourth-order valence-electron chi connectivity index (χ4n) is 1.75. The fourth-order valence-corrected chi connectivity index (χ4v) is 2.88. The zero-order valence-corrected chi connectivity index (χ0v) is 13.2. The molecule has 0 aromatic heterocycles. The van der Waals surface area contributed by atoms with Crippen LogP contribution in [0.3, 0.4) is 0 Å². The van der Waals surface area contributed by atoms with Gasteiger partial charge in [0, 0.05) is 27.3 Å². The molecule has 0 radical (unpaired) electrons. The van der Waals surface area contributed by atoms with Gasteiger partial charge in [0.05, 0.1) is 12.7 Å². The minimum absolute atomic E-state index is 0.00435. The second kappa shape index (κ2) is 8.40. The van der Waals surface area contributed by atoms with Crippen LogP contribution in [0.5, 0.6) is 0 Å². The molecule has 0 bridgehead atoms. The molecule has 0 aliphatic heterocycles. The lowest BCUT2D eigenvalue weighted by Gasteiger charge is -2.15. The largest absolute Gasteiger partial charge is 0.382 e. The van der Waals surface area contributed by atoms with Gasteiger partial charge in [0.1, 0.15) is 10.7 Å². The molecule has 120 valence electrons. The van der Waals surface area contributed by atoms with Crippen molar-refractivity contribution in [2.45, 2.75) is 17.5 Å². The van der Waals surface area contributed by atoms with Gasteiger partial charge in [-0.15, -0.1) is 0 Å². The molecule has 0 saturated carbocycles. The Morgan fingerprint density at radius 1 is 1.33 bits per heavy atom. The van der Waals surface area contributed by atoms with E-state index in [4.69, 9.17) is 9.47 Å². The van der Waals surface area contributed by atoms with Crippen molar-refractivity contribution in [2.24, 2.45) is 0 Å². The predicted octanol–water partition coefficient (Wildman–Crippen LogP) is 0.485. The van der Waals surface area contributed by atoms with Gasteiger partial charge in [-0.1, -0.05) is 6.07 Å². The molecule has 0 amide bonds. The van der Waals surface area contributed by atoms with Crippen LogP contribution in [-0.2, 0) is 26.0 Å². The molecule has 1 aromatic carbocycles. The van der Waals surface area contributed by atoms with E-state index in [1.54, 1.807) is 13.1 Å². The Morgan fingerprint density at radius 3 is 2.57 bits per heavy atom. The molecule has 21 heavy (non-hydrogen) atoms. The number of halogens is 1. The van der Waals surface area contributed by atoms with E-state index in [0.29, 0.717) is 12.1 Å². The Balaban J connectivity index is 2.82. The molecule has 0 fully saturated rings. The van der Waals surface area contributed by atoms with E-state index in [1.165, 1.54) is 26.4 Å². The van der Waals surface area contributed by atoms with Crippen molar-refractivity contribution >= 4 is 10.0 Å². The first-order valence-corrected chi connectivity index (χ1v) is 7.87. The monoisotopic (exact) mass is 320 g/mol. The summed E-state index contributed by atoms with van der Waals surface area (Å²) in [5.41, 5.74) is 0.670. The van der Waals surface area contributed by atoms with Gasteiger partial charge in [0.25, 0.3) is 0 Å². The smallest absolute Gasteiger partial charge is 0.243 e. The predicted molar refractivity (Wildman–Crippen MR) is 77.0 cm³/mol. The third-order valence-electron chi connectivity index (χ3n) is 2.85. The Bertz CT molecular complexity index is 551. The summed E-state index contributed by atoms with van der Waals surface area (Å²) >= 11 is 0.